The zero-order valence-corrected chi connectivity index (χ0v) is 13.4. The van der Waals surface area contributed by atoms with Crippen LogP contribution in [0.3, 0.4) is 0 Å². The monoisotopic (exact) mass is 320 g/mol. The molecule has 0 bridgehead atoms. The predicted molar refractivity (Wildman–Crippen MR) is 85.6 cm³/mol. The van der Waals surface area contributed by atoms with Gasteiger partial charge in [0.15, 0.2) is 0 Å². The van der Waals surface area contributed by atoms with E-state index in [0.717, 1.165) is 19.4 Å². The number of carbonyl (C=O) groups excluding carboxylic acids is 2. The summed E-state index contributed by atoms with van der Waals surface area (Å²) in [6, 6.07) is 0. The van der Waals surface area contributed by atoms with Crippen LogP contribution >= 0.6 is 0 Å². The van der Waals surface area contributed by atoms with Gasteiger partial charge in [0, 0.05) is 44.4 Å². The van der Waals surface area contributed by atoms with Crippen LogP contribution in [-0.2, 0) is 16.1 Å². The predicted octanol–water partition coefficient (Wildman–Crippen LogP) is 1.33. The minimum absolute atomic E-state index is 0.00342. The van der Waals surface area contributed by atoms with E-state index in [-0.39, 0.29) is 24.3 Å². The number of nitrogens with zero attached hydrogens (tertiary/aromatic N) is 2. The molecule has 126 valence electrons. The number of hydrogen-bond donors (Lipinski definition) is 2. The van der Waals surface area contributed by atoms with E-state index in [1.807, 2.05) is 22.9 Å². The van der Waals surface area contributed by atoms with Crippen LogP contribution in [0.25, 0.3) is 0 Å². The lowest BCUT2D eigenvalue weighted by atomic mass is 9.83. The lowest BCUT2D eigenvalue weighted by Gasteiger charge is -2.26. The van der Waals surface area contributed by atoms with Gasteiger partial charge in [0.2, 0.25) is 5.91 Å². The summed E-state index contributed by atoms with van der Waals surface area (Å²) in [4.78, 5) is 27.5. The summed E-state index contributed by atoms with van der Waals surface area (Å²) < 4.78 is 7.21. The van der Waals surface area contributed by atoms with Crippen molar-refractivity contribution in [2.75, 3.05) is 20.2 Å². The van der Waals surface area contributed by atoms with Gasteiger partial charge in [0.05, 0.1) is 12.9 Å². The summed E-state index contributed by atoms with van der Waals surface area (Å²) in [6.45, 7) is 1.60. The van der Waals surface area contributed by atoms with E-state index in [4.69, 9.17) is 4.74 Å². The topological polar surface area (TPSA) is 85.2 Å². The largest absolute Gasteiger partial charge is 0.449 e. The molecule has 7 heteroatoms. The number of carbonyl (C=O) groups is 2. The number of hydrogen-bond acceptors (Lipinski definition) is 4. The number of alkyl carbamates (subject to hydrolysis) is 1. The van der Waals surface area contributed by atoms with Gasteiger partial charge >= 0.3 is 6.09 Å². The molecule has 0 saturated heterocycles. The van der Waals surface area contributed by atoms with Crippen LogP contribution in [-0.4, -0.2) is 41.8 Å². The molecule has 1 aliphatic rings. The molecule has 2 atom stereocenters. The normalized spacial score (nSPS) is 20.0. The van der Waals surface area contributed by atoms with Crippen molar-refractivity contribution in [1.82, 2.24) is 20.2 Å². The Bertz CT molecular complexity index is 527. The molecule has 0 spiro atoms. The molecule has 1 aromatic heterocycles. The average Bonchev–Trinajstić information content (AvgIpc) is 3.10. The zero-order valence-electron chi connectivity index (χ0n) is 13.4. The summed E-state index contributed by atoms with van der Waals surface area (Å²) >= 11 is 0. The molecule has 0 aromatic carbocycles. The van der Waals surface area contributed by atoms with Gasteiger partial charge in [-0.15, -0.1) is 0 Å². The van der Waals surface area contributed by atoms with Gasteiger partial charge in [-0.25, -0.2) is 9.78 Å². The smallest absolute Gasteiger partial charge is 0.407 e. The molecule has 1 aliphatic carbocycles. The van der Waals surface area contributed by atoms with E-state index < -0.39 is 6.09 Å². The van der Waals surface area contributed by atoms with E-state index in [1.54, 1.807) is 19.6 Å². The van der Waals surface area contributed by atoms with Gasteiger partial charge in [-0.05, 0) is 19.3 Å². The summed E-state index contributed by atoms with van der Waals surface area (Å²) in [5.41, 5.74) is 0. The lowest BCUT2D eigenvalue weighted by Crippen LogP contribution is -2.37. The number of ether oxygens (including phenoxy) is 1. The highest BCUT2D eigenvalue weighted by Crippen LogP contribution is 2.26. The second-order valence-corrected chi connectivity index (χ2v) is 5.60. The first-order chi connectivity index (χ1) is 11.2. The third kappa shape index (κ3) is 5.43. The highest BCUT2D eigenvalue weighted by molar-refractivity contribution is 5.79. The van der Waals surface area contributed by atoms with Crippen molar-refractivity contribution in [2.45, 2.75) is 25.8 Å². The molecule has 23 heavy (non-hydrogen) atoms. The van der Waals surface area contributed by atoms with Crippen molar-refractivity contribution in [3.8, 4) is 0 Å². The number of allylic oxidation sites excluding steroid dienone is 2. The first-order valence-corrected chi connectivity index (χ1v) is 7.93. The van der Waals surface area contributed by atoms with Crippen LogP contribution in [0.4, 0.5) is 4.79 Å². The Morgan fingerprint density at radius 1 is 1.35 bits per heavy atom. The molecule has 2 amide bonds. The highest BCUT2D eigenvalue weighted by atomic mass is 16.5. The summed E-state index contributed by atoms with van der Waals surface area (Å²) in [5.74, 6) is -0.0839. The fourth-order valence-electron chi connectivity index (χ4n) is 2.67. The minimum Gasteiger partial charge on any atom is -0.449 e. The zero-order chi connectivity index (χ0) is 16.5. The maximum Gasteiger partial charge on any atom is 0.407 e. The van der Waals surface area contributed by atoms with Crippen molar-refractivity contribution in [1.29, 1.82) is 0 Å². The number of aryl methyl sites for hydroxylation is 1. The van der Waals surface area contributed by atoms with E-state index >= 15 is 0 Å². The van der Waals surface area contributed by atoms with Crippen molar-refractivity contribution >= 4 is 12.0 Å². The second kappa shape index (κ2) is 8.97. The summed E-state index contributed by atoms with van der Waals surface area (Å²) in [7, 11) is 1.63. The average molecular weight is 320 g/mol. The molecule has 2 N–H and O–H groups in total. The molecule has 7 nitrogen and oxygen atoms in total. The number of nitrogens with one attached hydrogen (secondary N) is 2. The Morgan fingerprint density at radius 3 is 2.91 bits per heavy atom. The van der Waals surface area contributed by atoms with E-state index in [9.17, 15) is 9.59 Å². The first-order valence-electron chi connectivity index (χ1n) is 7.93. The van der Waals surface area contributed by atoms with E-state index in [0.29, 0.717) is 13.0 Å². The number of amides is 2. The minimum atomic E-state index is -0.430. The number of rotatable bonds is 7. The standard InChI is InChI=1S/C16H24N4O3/c1-17-15(21)14-6-3-2-5-13(14)11-23-16(22)19-7-4-9-20-10-8-18-12-20/h2-3,8,10,12-14H,4-7,9,11H2,1H3,(H,17,21)(H,19,22). The molecular formula is C16H24N4O3. The molecule has 2 unspecified atom stereocenters. The fraction of sp³-hybridized carbons (Fsp3) is 0.562. The van der Waals surface area contributed by atoms with Crippen molar-refractivity contribution in [3.05, 3.63) is 30.9 Å². The number of aromatic nitrogens is 2. The van der Waals surface area contributed by atoms with Crippen LogP contribution in [0.15, 0.2) is 30.9 Å². The van der Waals surface area contributed by atoms with Crippen molar-refractivity contribution < 1.29 is 14.3 Å². The molecular weight excluding hydrogens is 296 g/mol. The maximum atomic E-state index is 11.8. The third-order valence-electron chi connectivity index (χ3n) is 4.00. The Balaban J connectivity index is 1.64. The molecule has 0 aliphatic heterocycles. The molecule has 0 saturated carbocycles. The lowest BCUT2D eigenvalue weighted by molar-refractivity contribution is -0.126. The van der Waals surface area contributed by atoms with Gasteiger partial charge in [0.25, 0.3) is 0 Å². The Hall–Kier alpha value is -2.31. The van der Waals surface area contributed by atoms with Gasteiger partial charge in [0.1, 0.15) is 0 Å². The third-order valence-corrected chi connectivity index (χ3v) is 4.00. The van der Waals surface area contributed by atoms with Crippen LogP contribution in [0.5, 0.6) is 0 Å². The molecule has 2 rings (SSSR count). The van der Waals surface area contributed by atoms with Crippen LogP contribution in [0.1, 0.15) is 19.3 Å². The van der Waals surface area contributed by atoms with Crippen LogP contribution in [0.2, 0.25) is 0 Å². The van der Waals surface area contributed by atoms with Gasteiger partial charge in [-0.1, -0.05) is 12.2 Å². The highest BCUT2D eigenvalue weighted by Gasteiger charge is 2.29. The van der Waals surface area contributed by atoms with Crippen LogP contribution in [0, 0.1) is 11.8 Å². The van der Waals surface area contributed by atoms with E-state index in [2.05, 4.69) is 15.6 Å². The van der Waals surface area contributed by atoms with Gasteiger partial charge in [-0.2, -0.15) is 0 Å². The SMILES string of the molecule is CNC(=O)C1CC=CCC1COC(=O)NCCCn1ccnc1. The quantitative estimate of drug-likeness (QED) is 0.586. The fourth-order valence-corrected chi connectivity index (χ4v) is 2.67. The van der Waals surface area contributed by atoms with Gasteiger partial charge < -0.3 is 19.9 Å². The summed E-state index contributed by atoms with van der Waals surface area (Å²) in [5, 5.41) is 5.40. The van der Waals surface area contributed by atoms with E-state index in [1.165, 1.54) is 0 Å². The first kappa shape index (κ1) is 17.1. The second-order valence-electron chi connectivity index (χ2n) is 5.60. The van der Waals surface area contributed by atoms with Crippen molar-refractivity contribution in [2.24, 2.45) is 11.8 Å². The molecule has 0 fully saturated rings. The summed E-state index contributed by atoms with van der Waals surface area (Å²) in [6.07, 6.45) is 11.2. The maximum absolute atomic E-state index is 11.8. The molecule has 0 radical (unpaired) electrons. The Labute approximate surface area is 136 Å². The Kier molecular flexibility index (Phi) is 6.65. The van der Waals surface area contributed by atoms with Crippen LogP contribution < -0.4 is 10.6 Å². The molecule has 1 aromatic rings. The molecule has 1 heterocycles. The Morgan fingerprint density at radius 2 is 2.17 bits per heavy atom. The van der Waals surface area contributed by atoms with Crippen molar-refractivity contribution in [3.63, 3.8) is 0 Å². The van der Waals surface area contributed by atoms with Gasteiger partial charge in [-0.3, -0.25) is 4.79 Å². The number of imidazole rings is 1.